The lowest BCUT2D eigenvalue weighted by Crippen LogP contribution is -2.53. The highest BCUT2D eigenvalue weighted by molar-refractivity contribution is 7.86. The standard InChI is InChI=1S/C13H20N4O4S/c18-22(19,16-6-8-20-9-7-16)17-5-1-2-12(10-17)21-13-3-4-14-11-15-13/h3-4,11-12H,1-2,5-10H2. The minimum absolute atomic E-state index is 0.181. The summed E-state index contributed by atoms with van der Waals surface area (Å²) >= 11 is 0. The van der Waals surface area contributed by atoms with Crippen molar-refractivity contribution in [3.05, 3.63) is 18.6 Å². The summed E-state index contributed by atoms with van der Waals surface area (Å²) in [6, 6.07) is 1.68. The maximum Gasteiger partial charge on any atom is 0.282 e. The summed E-state index contributed by atoms with van der Waals surface area (Å²) in [7, 11) is -3.44. The zero-order valence-corrected chi connectivity index (χ0v) is 13.1. The molecule has 0 spiro atoms. The van der Waals surface area contributed by atoms with Crippen molar-refractivity contribution in [1.82, 2.24) is 18.6 Å². The SMILES string of the molecule is O=S(=O)(N1CCOCC1)N1CCCC(Oc2ccncn2)C1. The number of hydrogen-bond acceptors (Lipinski definition) is 6. The molecular weight excluding hydrogens is 308 g/mol. The van der Waals surface area contributed by atoms with E-state index in [2.05, 4.69) is 9.97 Å². The predicted octanol–water partition coefficient (Wildman–Crippen LogP) is -0.103. The van der Waals surface area contributed by atoms with E-state index in [-0.39, 0.29) is 6.10 Å². The Hall–Kier alpha value is -1.29. The normalized spacial score (nSPS) is 25.0. The Balaban J connectivity index is 1.64. The molecule has 0 aliphatic carbocycles. The molecule has 1 aromatic rings. The van der Waals surface area contributed by atoms with Gasteiger partial charge in [-0.25, -0.2) is 9.97 Å². The molecular formula is C13H20N4O4S. The van der Waals surface area contributed by atoms with E-state index in [1.165, 1.54) is 14.9 Å². The Morgan fingerprint density at radius 2 is 2.05 bits per heavy atom. The molecule has 122 valence electrons. The van der Waals surface area contributed by atoms with E-state index in [1.54, 1.807) is 12.3 Å². The van der Waals surface area contributed by atoms with Gasteiger partial charge < -0.3 is 9.47 Å². The van der Waals surface area contributed by atoms with Crippen molar-refractivity contribution in [2.45, 2.75) is 18.9 Å². The molecule has 0 saturated carbocycles. The van der Waals surface area contributed by atoms with Crippen LogP contribution in [-0.2, 0) is 14.9 Å². The van der Waals surface area contributed by atoms with Gasteiger partial charge in [-0.1, -0.05) is 0 Å². The fourth-order valence-corrected chi connectivity index (χ4v) is 4.32. The summed E-state index contributed by atoms with van der Waals surface area (Å²) in [5.41, 5.74) is 0. The van der Waals surface area contributed by atoms with Crippen LogP contribution in [0, 0.1) is 0 Å². The van der Waals surface area contributed by atoms with Crippen LogP contribution in [0.2, 0.25) is 0 Å². The molecule has 0 N–H and O–H groups in total. The summed E-state index contributed by atoms with van der Waals surface area (Å²) in [6.45, 7) is 2.61. The lowest BCUT2D eigenvalue weighted by Gasteiger charge is -2.36. The van der Waals surface area contributed by atoms with Crippen molar-refractivity contribution in [2.24, 2.45) is 0 Å². The molecule has 0 radical (unpaired) electrons. The van der Waals surface area contributed by atoms with Crippen LogP contribution < -0.4 is 4.74 Å². The van der Waals surface area contributed by atoms with E-state index in [4.69, 9.17) is 9.47 Å². The van der Waals surface area contributed by atoms with Crippen LogP contribution in [0.15, 0.2) is 18.6 Å². The Labute approximate surface area is 130 Å². The van der Waals surface area contributed by atoms with Crippen LogP contribution in [0.1, 0.15) is 12.8 Å². The number of morpholine rings is 1. The summed E-state index contributed by atoms with van der Waals surface area (Å²) < 4.78 is 39.3. The van der Waals surface area contributed by atoms with Crippen LogP contribution in [0.25, 0.3) is 0 Å². The number of rotatable bonds is 4. The monoisotopic (exact) mass is 328 g/mol. The molecule has 2 aliphatic rings. The average molecular weight is 328 g/mol. The third-order valence-electron chi connectivity index (χ3n) is 3.81. The van der Waals surface area contributed by atoms with E-state index in [9.17, 15) is 8.42 Å². The molecule has 3 heterocycles. The van der Waals surface area contributed by atoms with Crippen LogP contribution in [0.5, 0.6) is 5.88 Å². The number of hydrogen-bond donors (Lipinski definition) is 0. The van der Waals surface area contributed by atoms with Gasteiger partial charge in [0.15, 0.2) is 0 Å². The second-order valence-corrected chi connectivity index (χ2v) is 7.24. The van der Waals surface area contributed by atoms with E-state index in [1.807, 2.05) is 0 Å². The van der Waals surface area contributed by atoms with Gasteiger partial charge in [-0.05, 0) is 12.8 Å². The van der Waals surface area contributed by atoms with E-state index < -0.39 is 10.2 Å². The highest BCUT2D eigenvalue weighted by Crippen LogP contribution is 2.20. The molecule has 1 aromatic heterocycles. The Morgan fingerprint density at radius 1 is 1.23 bits per heavy atom. The molecule has 9 heteroatoms. The van der Waals surface area contributed by atoms with Gasteiger partial charge in [0.25, 0.3) is 10.2 Å². The molecule has 8 nitrogen and oxygen atoms in total. The first kappa shape index (κ1) is 15.6. The lowest BCUT2D eigenvalue weighted by atomic mass is 10.1. The first-order valence-electron chi connectivity index (χ1n) is 7.42. The Kier molecular flexibility index (Phi) is 4.87. The first-order valence-corrected chi connectivity index (χ1v) is 8.81. The van der Waals surface area contributed by atoms with Gasteiger partial charge in [0, 0.05) is 31.9 Å². The summed E-state index contributed by atoms with van der Waals surface area (Å²) in [4.78, 5) is 7.86. The Bertz CT molecular complexity index is 577. The van der Waals surface area contributed by atoms with E-state index in [0.717, 1.165) is 12.8 Å². The first-order chi connectivity index (χ1) is 10.7. The molecule has 1 unspecified atom stereocenters. The van der Waals surface area contributed by atoms with Crippen molar-refractivity contribution in [3.63, 3.8) is 0 Å². The number of ether oxygens (including phenoxy) is 2. The van der Waals surface area contributed by atoms with Crippen molar-refractivity contribution in [2.75, 3.05) is 39.4 Å². The largest absolute Gasteiger partial charge is 0.473 e. The van der Waals surface area contributed by atoms with Gasteiger partial charge >= 0.3 is 0 Å². The molecule has 2 saturated heterocycles. The lowest BCUT2D eigenvalue weighted by molar-refractivity contribution is 0.0664. The molecule has 3 rings (SSSR count). The minimum atomic E-state index is -3.44. The van der Waals surface area contributed by atoms with E-state index in [0.29, 0.717) is 45.3 Å². The van der Waals surface area contributed by atoms with Crippen LogP contribution in [0.3, 0.4) is 0 Å². The summed E-state index contributed by atoms with van der Waals surface area (Å²) in [6.07, 6.45) is 4.44. The molecule has 2 aliphatic heterocycles. The molecule has 22 heavy (non-hydrogen) atoms. The molecule has 1 atom stereocenters. The maximum atomic E-state index is 12.7. The number of piperidine rings is 1. The summed E-state index contributed by atoms with van der Waals surface area (Å²) in [5.74, 6) is 0.477. The zero-order chi connectivity index (χ0) is 15.4. The van der Waals surface area contributed by atoms with Crippen LogP contribution in [-0.4, -0.2) is 72.5 Å². The summed E-state index contributed by atoms with van der Waals surface area (Å²) in [5, 5.41) is 0. The van der Waals surface area contributed by atoms with Crippen molar-refractivity contribution in [3.8, 4) is 5.88 Å². The molecule has 2 fully saturated rings. The highest BCUT2D eigenvalue weighted by Gasteiger charge is 2.35. The van der Waals surface area contributed by atoms with Gasteiger partial charge in [-0.2, -0.15) is 17.0 Å². The quantitative estimate of drug-likeness (QED) is 0.767. The molecule has 0 amide bonds. The van der Waals surface area contributed by atoms with Crippen LogP contribution >= 0.6 is 0 Å². The van der Waals surface area contributed by atoms with Gasteiger partial charge in [0.1, 0.15) is 12.4 Å². The third-order valence-corrected chi connectivity index (χ3v) is 5.81. The second-order valence-electron chi connectivity index (χ2n) is 5.31. The molecule has 0 bridgehead atoms. The molecule has 0 aromatic carbocycles. The van der Waals surface area contributed by atoms with E-state index >= 15 is 0 Å². The van der Waals surface area contributed by atoms with Gasteiger partial charge in [0.05, 0.1) is 19.8 Å². The zero-order valence-electron chi connectivity index (χ0n) is 12.3. The second kappa shape index (κ2) is 6.86. The predicted molar refractivity (Wildman–Crippen MR) is 78.6 cm³/mol. The van der Waals surface area contributed by atoms with Gasteiger partial charge in [-0.15, -0.1) is 0 Å². The highest BCUT2D eigenvalue weighted by atomic mass is 32.2. The Morgan fingerprint density at radius 3 is 2.77 bits per heavy atom. The number of aromatic nitrogens is 2. The third kappa shape index (κ3) is 3.54. The topological polar surface area (TPSA) is 84.9 Å². The van der Waals surface area contributed by atoms with Crippen molar-refractivity contribution in [1.29, 1.82) is 0 Å². The smallest absolute Gasteiger partial charge is 0.282 e. The minimum Gasteiger partial charge on any atom is -0.473 e. The van der Waals surface area contributed by atoms with Crippen molar-refractivity contribution >= 4 is 10.2 Å². The maximum absolute atomic E-state index is 12.7. The number of nitrogens with zero attached hydrogens (tertiary/aromatic N) is 4. The van der Waals surface area contributed by atoms with Crippen molar-refractivity contribution < 1.29 is 17.9 Å². The van der Waals surface area contributed by atoms with Crippen LogP contribution in [0.4, 0.5) is 0 Å². The van der Waals surface area contributed by atoms with Gasteiger partial charge in [0.2, 0.25) is 5.88 Å². The van der Waals surface area contributed by atoms with Gasteiger partial charge in [-0.3, -0.25) is 0 Å². The average Bonchev–Trinajstić information content (AvgIpc) is 2.57. The fraction of sp³-hybridized carbons (Fsp3) is 0.692. The fourth-order valence-electron chi connectivity index (χ4n) is 2.67.